The lowest BCUT2D eigenvalue weighted by Gasteiger charge is -2.40. The highest BCUT2D eigenvalue weighted by atomic mass is 35.5. The first-order valence-electron chi connectivity index (χ1n) is 10.8. The average molecular weight is 482 g/mol. The van der Waals surface area contributed by atoms with Crippen LogP contribution in [0.5, 0.6) is 5.75 Å². The average Bonchev–Trinajstić information content (AvgIpc) is 2.78. The Balaban J connectivity index is 1.69. The highest BCUT2D eigenvalue weighted by molar-refractivity contribution is 6.31. The van der Waals surface area contributed by atoms with Gasteiger partial charge in [-0.05, 0) is 55.4 Å². The molecule has 1 aliphatic rings. The van der Waals surface area contributed by atoms with Crippen molar-refractivity contribution in [1.82, 2.24) is 4.90 Å². The van der Waals surface area contributed by atoms with Gasteiger partial charge in [0, 0.05) is 11.6 Å². The second kappa shape index (κ2) is 11.6. The first kappa shape index (κ1) is 25.9. The molecule has 0 amide bonds. The van der Waals surface area contributed by atoms with E-state index in [9.17, 15) is 25.5 Å². The smallest absolute Gasteiger partial charge is 0.119 e. The molecule has 5 N–H and O–H groups in total. The van der Waals surface area contributed by atoms with Crippen molar-refractivity contribution in [3.05, 3.63) is 64.2 Å². The van der Waals surface area contributed by atoms with Gasteiger partial charge in [-0.2, -0.15) is 0 Å². The minimum Gasteiger partial charge on any atom is -0.491 e. The van der Waals surface area contributed by atoms with Crippen LogP contribution in [-0.2, 0) is 11.2 Å². The molecule has 0 spiro atoms. The third-order valence-corrected chi connectivity index (χ3v) is 6.00. The van der Waals surface area contributed by atoms with Crippen LogP contribution in [0.2, 0.25) is 5.02 Å². The minimum atomic E-state index is -1.44. The molecule has 0 radical (unpaired) electrons. The van der Waals surface area contributed by atoms with Crippen LogP contribution in [0.25, 0.3) is 0 Å². The number of likely N-dealkylation sites (N-methyl/N-ethyl adjacent to an activating group) is 1. The van der Waals surface area contributed by atoms with Crippen LogP contribution in [0.15, 0.2) is 42.5 Å². The Morgan fingerprint density at radius 2 is 1.73 bits per heavy atom. The fourth-order valence-electron chi connectivity index (χ4n) is 3.87. The maximum Gasteiger partial charge on any atom is 0.119 e. The van der Waals surface area contributed by atoms with Gasteiger partial charge in [-0.3, -0.25) is 0 Å². The van der Waals surface area contributed by atoms with Crippen LogP contribution >= 0.6 is 11.6 Å². The van der Waals surface area contributed by atoms with Gasteiger partial charge in [0.2, 0.25) is 0 Å². The molecule has 0 aliphatic carbocycles. The maximum absolute atomic E-state index is 10.4. The Labute approximate surface area is 198 Å². The Kier molecular flexibility index (Phi) is 9.09. The number of nitrogens with zero attached hydrogens (tertiary/aromatic N) is 1. The molecule has 3 rings (SSSR count). The van der Waals surface area contributed by atoms with Crippen molar-refractivity contribution in [1.29, 1.82) is 0 Å². The summed E-state index contributed by atoms with van der Waals surface area (Å²) in [6, 6.07) is 12.6. The lowest BCUT2D eigenvalue weighted by molar-refractivity contribution is -0.231. The highest BCUT2D eigenvalue weighted by Gasteiger charge is 2.44. The molecule has 0 saturated carbocycles. The molecule has 9 heteroatoms. The van der Waals surface area contributed by atoms with Gasteiger partial charge in [-0.1, -0.05) is 35.9 Å². The van der Waals surface area contributed by atoms with Crippen LogP contribution in [-0.4, -0.2) is 94.8 Å². The van der Waals surface area contributed by atoms with E-state index in [1.54, 1.807) is 18.2 Å². The lowest BCUT2D eigenvalue weighted by Crippen LogP contribution is -2.55. The van der Waals surface area contributed by atoms with Gasteiger partial charge in [0.25, 0.3) is 0 Å². The molecule has 0 aromatic heterocycles. The number of benzene rings is 2. The zero-order valence-corrected chi connectivity index (χ0v) is 19.5. The van der Waals surface area contributed by atoms with Crippen LogP contribution in [0.3, 0.4) is 0 Å². The van der Waals surface area contributed by atoms with Crippen molar-refractivity contribution in [2.24, 2.45) is 0 Å². The summed E-state index contributed by atoms with van der Waals surface area (Å²) in [5, 5.41) is 50.4. The molecule has 182 valence electrons. The molecule has 2 aromatic rings. The van der Waals surface area contributed by atoms with E-state index in [1.165, 1.54) is 0 Å². The Morgan fingerprint density at radius 3 is 2.36 bits per heavy atom. The molecular weight excluding hydrogens is 450 g/mol. The van der Waals surface area contributed by atoms with Crippen LogP contribution < -0.4 is 4.74 Å². The highest BCUT2D eigenvalue weighted by Crippen LogP contribution is 2.34. The van der Waals surface area contributed by atoms with Gasteiger partial charge in [-0.25, -0.2) is 0 Å². The minimum absolute atomic E-state index is 0.199. The number of hydrogen-bond donors (Lipinski definition) is 5. The monoisotopic (exact) mass is 481 g/mol. The van der Waals surface area contributed by atoms with E-state index in [1.807, 2.05) is 43.3 Å². The van der Waals surface area contributed by atoms with E-state index >= 15 is 0 Å². The molecule has 1 heterocycles. The molecular formula is C24H32ClNO7. The lowest BCUT2D eigenvalue weighted by atomic mass is 9.90. The number of halogens is 1. The SMILES string of the molecule is CN(C)C[C@H](O)COc1ccc(Cc2cc([C@@H]3O[C@H](CO)[C@@H](O)[C@H](O)[C@H]3O)ccc2Cl)cc1. The summed E-state index contributed by atoms with van der Waals surface area (Å²) in [4.78, 5) is 1.89. The summed E-state index contributed by atoms with van der Waals surface area (Å²) in [6.07, 6.45) is -6.16. The molecule has 6 atom stereocenters. The van der Waals surface area contributed by atoms with Gasteiger partial charge in [0.05, 0.1) is 6.61 Å². The summed E-state index contributed by atoms with van der Waals surface area (Å²) in [6.45, 7) is 0.231. The fraction of sp³-hybridized carbons (Fsp3) is 0.500. The van der Waals surface area contributed by atoms with Gasteiger partial charge >= 0.3 is 0 Å². The van der Waals surface area contributed by atoms with Gasteiger partial charge < -0.3 is 39.9 Å². The van der Waals surface area contributed by atoms with Crippen molar-refractivity contribution in [3.63, 3.8) is 0 Å². The Bertz CT molecular complexity index is 893. The molecule has 2 aromatic carbocycles. The molecule has 1 saturated heterocycles. The standard InChI is InChI=1S/C24H32ClNO7/c1-26(2)11-17(28)13-32-18-6-3-14(4-7-18)9-16-10-15(5-8-19(16)25)24-23(31)22(30)21(29)20(12-27)33-24/h3-8,10,17,20-24,27-31H,9,11-13H2,1-2H3/t17-,20+,21+,22-,23+,24-/m0/s1. The normalized spacial score (nSPS) is 26.4. The zero-order chi connectivity index (χ0) is 24.1. The number of aliphatic hydroxyl groups excluding tert-OH is 5. The van der Waals surface area contributed by atoms with Crippen LogP contribution in [0, 0.1) is 0 Å². The zero-order valence-electron chi connectivity index (χ0n) is 18.7. The molecule has 8 nitrogen and oxygen atoms in total. The quantitative estimate of drug-likeness (QED) is 0.355. The summed E-state index contributed by atoms with van der Waals surface area (Å²) < 4.78 is 11.3. The van der Waals surface area contributed by atoms with E-state index < -0.39 is 43.2 Å². The predicted octanol–water partition coefficient (Wildman–Crippen LogP) is 0.747. The Hall–Kier alpha value is -1.75. The van der Waals surface area contributed by atoms with E-state index in [0.29, 0.717) is 29.3 Å². The number of rotatable bonds is 9. The molecule has 1 aliphatic heterocycles. The molecule has 1 fully saturated rings. The van der Waals surface area contributed by atoms with Gasteiger partial charge in [-0.15, -0.1) is 0 Å². The van der Waals surface area contributed by atoms with E-state index in [0.717, 1.165) is 11.1 Å². The van der Waals surface area contributed by atoms with Crippen LogP contribution in [0.1, 0.15) is 22.8 Å². The van der Waals surface area contributed by atoms with Crippen molar-refractivity contribution < 1.29 is 35.0 Å². The number of aliphatic hydroxyl groups is 5. The van der Waals surface area contributed by atoms with Crippen LogP contribution in [0.4, 0.5) is 0 Å². The van der Waals surface area contributed by atoms with Gasteiger partial charge in [0.15, 0.2) is 0 Å². The predicted molar refractivity (Wildman–Crippen MR) is 123 cm³/mol. The number of ether oxygens (including phenoxy) is 2. The first-order valence-corrected chi connectivity index (χ1v) is 11.2. The second-order valence-electron chi connectivity index (χ2n) is 8.65. The first-order chi connectivity index (χ1) is 15.7. The molecule has 0 bridgehead atoms. The Morgan fingerprint density at radius 1 is 1.03 bits per heavy atom. The summed E-state index contributed by atoms with van der Waals surface area (Å²) >= 11 is 6.40. The molecule has 33 heavy (non-hydrogen) atoms. The third kappa shape index (κ3) is 6.65. The number of hydrogen-bond acceptors (Lipinski definition) is 8. The van der Waals surface area contributed by atoms with E-state index in [4.69, 9.17) is 21.1 Å². The van der Waals surface area contributed by atoms with Crippen molar-refractivity contribution in [3.8, 4) is 5.75 Å². The summed E-state index contributed by atoms with van der Waals surface area (Å²) in [7, 11) is 3.77. The second-order valence-corrected chi connectivity index (χ2v) is 9.06. The maximum atomic E-state index is 10.4. The topological polar surface area (TPSA) is 123 Å². The third-order valence-electron chi connectivity index (χ3n) is 5.63. The largest absolute Gasteiger partial charge is 0.491 e. The van der Waals surface area contributed by atoms with E-state index in [-0.39, 0.29) is 6.61 Å². The van der Waals surface area contributed by atoms with Gasteiger partial charge in [0.1, 0.15) is 49.0 Å². The van der Waals surface area contributed by atoms with E-state index in [2.05, 4.69) is 0 Å². The van der Waals surface area contributed by atoms with Crippen molar-refractivity contribution in [2.45, 2.75) is 43.0 Å². The van der Waals surface area contributed by atoms with Crippen molar-refractivity contribution in [2.75, 3.05) is 33.9 Å². The fourth-order valence-corrected chi connectivity index (χ4v) is 4.06. The van der Waals surface area contributed by atoms with Crippen molar-refractivity contribution >= 4 is 11.6 Å². The summed E-state index contributed by atoms with van der Waals surface area (Å²) in [5.41, 5.74) is 2.35. The summed E-state index contributed by atoms with van der Waals surface area (Å²) in [5.74, 6) is 0.651. The molecule has 0 unspecified atom stereocenters.